The summed E-state index contributed by atoms with van der Waals surface area (Å²) >= 11 is 1.58. The number of hydrogen-bond acceptors (Lipinski definition) is 4. The molecule has 4 nitrogen and oxygen atoms in total. The van der Waals surface area contributed by atoms with Crippen LogP contribution in [-0.2, 0) is 16.0 Å². The number of carbonyl (C=O) groups excluding carboxylic acids is 1. The number of rotatable bonds is 3. The van der Waals surface area contributed by atoms with Crippen molar-refractivity contribution in [1.29, 1.82) is 0 Å². The summed E-state index contributed by atoms with van der Waals surface area (Å²) in [6.07, 6.45) is 0.425. The lowest BCUT2D eigenvalue weighted by atomic mass is 10.2. The number of amides is 1. The van der Waals surface area contributed by atoms with Crippen molar-refractivity contribution in [3.63, 3.8) is 0 Å². The zero-order valence-corrected chi connectivity index (χ0v) is 9.78. The minimum atomic E-state index is -0.179. The van der Waals surface area contributed by atoms with Crippen molar-refractivity contribution in [2.45, 2.75) is 12.5 Å². The van der Waals surface area contributed by atoms with Gasteiger partial charge >= 0.3 is 0 Å². The quantitative estimate of drug-likeness (QED) is 0.839. The van der Waals surface area contributed by atoms with E-state index >= 15 is 0 Å². The Morgan fingerprint density at radius 2 is 2.56 bits per heavy atom. The monoisotopic (exact) mass is 241 g/mol. The van der Waals surface area contributed by atoms with Crippen LogP contribution in [0, 0.1) is 0 Å². The van der Waals surface area contributed by atoms with Crippen molar-refractivity contribution in [2.75, 3.05) is 26.4 Å². The van der Waals surface area contributed by atoms with Gasteiger partial charge in [0.05, 0.1) is 32.3 Å². The average molecular weight is 241 g/mol. The van der Waals surface area contributed by atoms with Crippen LogP contribution < -0.4 is 0 Å². The molecular formula is C11H15NO3S. The van der Waals surface area contributed by atoms with E-state index in [0.29, 0.717) is 26.2 Å². The number of morpholine rings is 1. The number of thiophene rings is 1. The van der Waals surface area contributed by atoms with Gasteiger partial charge in [0.25, 0.3) is 0 Å². The molecule has 1 aromatic rings. The first-order chi connectivity index (χ1) is 7.81. The Balaban J connectivity index is 1.97. The molecule has 1 amide bonds. The normalized spacial score (nSPS) is 21.1. The molecule has 0 aliphatic carbocycles. The van der Waals surface area contributed by atoms with Gasteiger partial charge in [0.15, 0.2) is 0 Å². The molecule has 88 valence electrons. The molecule has 1 saturated heterocycles. The minimum Gasteiger partial charge on any atom is -0.394 e. The topological polar surface area (TPSA) is 49.8 Å². The molecular weight excluding hydrogens is 226 g/mol. The number of nitrogens with zero attached hydrogens (tertiary/aromatic N) is 1. The highest BCUT2D eigenvalue weighted by atomic mass is 32.1. The lowest BCUT2D eigenvalue weighted by Crippen LogP contribution is -2.50. The summed E-state index contributed by atoms with van der Waals surface area (Å²) in [4.78, 5) is 14.8. The van der Waals surface area contributed by atoms with Crippen LogP contribution in [-0.4, -0.2) is 48.3 Å². The highest BCUT2D eigenvalue weighted by Gasteiger charge is 2.26. The van der Waals surface area contributed by atoms with Gasteiger partial charge in [0.2, 0.25) is 5.91 Å². The molecule has 0 saturated carbocycles. The number of aliphatic hydroxyl groups excluding tert-OH is 1. The largest absolute Gasteiger partial charge is 0.394 e. The molecule has 5 heteroatoms. The molecule has 2 rings (SSSR count). The van der Waals surface area contributed by atoms with E-state index in [1.165, 1.54) is 0 Å². The standard InChI is InChI=1S/C11H15NO3S/c13-7-9-8-15-4-3-12(9)11(14)6-10-2-1-5-16-10/h1-2,5,9,13H,3-4,6-8H2/t9-/m1/s1. The Bertz CT molecular complexity index is 339. The third-order valence-corrected chi connectivity index (χ3v) is 3.54. The molecule has 0 spiro atoms. The van der Waals surface area contributed by atoms with Gasteiger partial charge in [-0.25, -0.2) is 0 Å². The molecule has 1 aliphatic rings. The predicted molar refractivity (Wildman–Crippen MR) is 61.4 cm³/mol. The second-order valence-corrected chi connectivity index (χ2v) is 4.79. The second-order valence-electron chi connectivity index (χ2n) is 3.75. The maximum absolute atomic E-state index is 12.0. The van der Waals surface area contributed by atoms with Crippen LogP contribution in [0.4, 0.5) is 0 Å². The van der Waals surface area contributed by atoms with Gasteiger partial charge in [-0.05, 0) is 11.4 Å². The SMILES string of the molecule is O=C(Cc1cccs1)N1CCOC[C@H]1CO. The van der Waals surface area contributed by atoms with Gasteiger partial charge in [0.1, 0.15) is 0 Å². The summed E-state index contributed by atoms with van der Waals surface area (Å²) < 4.78 is 5.24. The van der Waals surface area contributed by atoms with Crippen LogP contribution in [0.15, 0.2) is 17.5 Å². The maximum Gasteiger partial charge on any atom is 0.228 e. The van der Waals surface area contributed by atoms with Crippen LogP contribution in [0.3, 0.4) is 0 Å². The first-order valence-corrected chi connectivity index (χ1v) is 6.19. The van der Waals surface area contributed by atoms with E-state index in [-0.39, 0.29) is 18.6 Å². The Hall–Kier alpha value is -0.910. The van der Waals surface area contributed by atoms with Gasteiger partial charge in [-0.2, -0.15) is 0 Å². The van der Waals surface area contributed by atoms with Gasteiger partial charge < -0.3 is 14.7 Å². The zero-order chi connectivity index (χ0) is 11.4. The molecule has 1 aliphatic heterocycles. The van der Waals surface area contributed by atoms with Crippen LogP contribution in [0.2, 0.25) is 0 Å². The first kappa shape index (κ1) is 11.6. The molecule has 0 radical (unpaired) electrons. The molecule has 1 N–H and O–H groups in total. The van der Waals surface area contributed by atoms with E-state index in [9.17, 15) is 4.79 Å². The Morgan fingerprint density at radius 3 is 3.25 bits per heavy atom. The fourth-order valence-corrected chi connectivity index (χ4v) is 2.49. The van der Waals surface area contributed by atoms with E-state index in [1.807, 2.05) is 17.5 Å². The van der Waals surface area contributed by atoms with Gasteiger partial charge in [0, 0.05) is 11.4 Å². The second kappa shape index (κ2) is 5.43. The van der Waals surface area contributed by atoms with Gasteiger partial charge in [-0.15, -0.1) is 11.3 Å². The van der Waals surface area contributed by atoms with Gasteiger partial charge in [-0.1, -0.05) is 6.07 Å². The third-order valence-electron chi connectivity index (χ3n) is 2.66. The smallest absolute Gasteiger partial charge is 0.228 e. The van der Waals surface area contributed by atoms with Crippen molar-refractivity contribution in [1.82, 2.24) is 4.90 Å². The lowest BCUT2D eigenvalue weighted by Gasteiger charge is -2.34. The Labute approximate surface area is 98.4 Å². The number of aliphatic hydroxyl groups is 1. The fraction of sp³-hybridized carbons (Fsp3) is 0.545. The number of carbonyl (C=O) groups is 1. The van der Waals surface area contributed by atoms with Crippen molar-refractivity contribution in [3.8, 4) is 0 Å². The Kier molecular flexibility index (Phi) is 3.93. The van der Waals surface area contributed by atoms with Crippen molar-refractivity contribution in [3.05, 3.63) is 22.4 Å². The highest BCUT2D eigenvalue weighted by Crippen LogP contribution is 2.13. The van der Waals surface area contributed by atoms with Crippen LogP contribution in [0.1, 0.15) is 4.88 Å². The number of ether oxygens (including phenoxy) is 1. The predicted octanol–water partition coefficient (Wildman–Crippen LogP) is 0.510. The average Bonchev–Trinajstić information content (AvgIpc) is 2.81. The summed E-state index contributed by atoms with van der Waals surface area (Å²) in [7, 11) is 0. The van der Waals surface area contributed by atoms with Crippen molar-refractivity contribution >= 4 is 17.2 Å². The van der Waals surface area contributed by atoms with E-state index < -0.39 is 0 Å². The lowest BCUT2D eigenvalue weighted by molar-refractivity contribution is -0.140. The molecule has 16 heavy (non-hydrogen) atoms. The first-order valence-electron chi connectivity index (χ1n) is 5.31. The summed E-state index contributed by atoms with van der Waals surface area (Å²) in [5.41, 5.74) is 0. The van der Waals surface area contributed by atoms with E-state index in [0.717, 1.165) is 4.88 Å². The summed E-state index contributed by atoms with van der Waals surface area (Å²) in [6.45, 7) is 1.55. The van der Waals surface area contributed by atoms with E-state index in [2.05, 4.69) is 0 Å². The Morgan fingerprint density at radius 1 is 1.69 bits per heavy atom. The van der Waals surface area contributed by atoms with Gasteiger partial charge in [-0.3, -0.25) is 4.79 Å². The molecule has 1 aromatic heterocycles. The van der Waals surface area contributed by atoms with Crippen LogP contribution in [0.5, 0.6) is 0 Å². The summed E-state index contributed by atoms with van der Waals surface area (Å²) in [5.74, 6) is 0.0739. The van der Waals surface area contributed by atoms with E-state index in [1.54, 1.807) is 16.2 Å². The van der Waals surface area contributed by atoms with Crippen LogP contribution in [0.25, 0.3) is 0 Å². The maximum atomic E-state index is 12.0. The highest BCUT2D eigenvalue weighted by molar-refractivity contribution is 7.10. The van der Waals surface area contributed by atoms with Crippen molar-refractivity contribution < 1.29 is 14.6 Å². The molecule has 0 unspecified atom stereocenters. The molecule has 1 fully saturated rings. The minimum absolute atomic E-state index is 0.0316. The van der Waals surface area contributed by atoms with Crippen molar-refractivity contribution in [2.24, 2.45) is 0 Å². The fourth-order valence-electron chi connectivity index (χ4n) is 1.80. The summed E-state index contributed by atoms with van der Waals surface area (Å²) in [5, 5.41) is 11.1. The van der Waals surface area contributed by atoms with E-state index in [4.69, 9.17) is 9.84 Å². The molecule has 0 aromatic carbocycles. The molecule has 0 bridgehead atoms. The molecule has 2 heterocycles. The third kappa shape index (κ3) is 2.61. The summed E-state index contributed by atoms with van der Waals surface area (Å²) in [6, 6.07) is 3.72. The zero-order valence-electron chi connectivity index (χ0n) is 8.96. The molecule has 1 atom stereocenters. The number of hydrogen-bond donors (Lipinski definition) is 1. The van der Waals surface area contributed by atoms with Crippen LogP contribution >= 0.6 is 11.3 Å².